The number of aromatic nitrogens is 2. The van der Waals surface area contributed by atoms with Crippen LogP contribution in [0.25, 0.3) is 0 Å². The number of rotatable bonds is 4. The number of nitrogens with zero attached hydrogens (tertiary/aromatic N) is 2. The summed E-state index contributed by atoms with van der Waals surface area (Å²) in [5, 5.41) is 20.8. The standard InChI is InChI=1S/C14H20ClN3O2/c1-2-10-5-7-14(20,8-6-10)9-16-13(19)11-3-4-12(15)18-17-11/h3-4,10,20H,2,5-9H2,1H3,(H,16,19). The monoisotopic (exact) mass is 297 g/mol. The molecule has 110 valence electrons. The topological polar surface area (TPSA) is 75.1 Å². The first kappa shape index (κ1) is 15.2. The largest absolute Gasteiger partial charge is 0.388 e. The summed E-state index contributed by atoms with van der Waals surface area (Å²) in [5.74, 6) is 0.369. The second kappa shape index (κ2) is 6.50. The fraction of sp³-hybridized carbons (Fsp3) is 0.643. The Morgan fingerprint density at radius 1 is 1.45 bits per heavy atom. The molecule has 1 heterocycles. The van der Waals surface area contributed by atoms with Crippen molar-refractivity contribution in [3.63, 3.8) is 0 Å². The van der Waals surface area contributed by atoms with Crippen LogP contribution in [0.4, 0.5) is 0 Å². The van der Waals surface area contributed by atoms with Crippen LogP contribution in [0.5, 0.6) is 0 Å². The van der Waals surface area contributed by atoms with E-state index in [0.29, 0.717) is 5.92 Å². The van der Waals surface area contributed by atoms with Gasteiger partial charge in [-0.3, -0.25) is 4.79 Å². The molecule has 0 bridgehead atoms. The van der Waals surface area contributed by atoms with Crippen LogP contribution in [0.2, 0.25) is 5.15 Å². The van der Waals surface area contributed by atoms with E-state index in [1.54, 1.807) is 0 Å². The Morgan fingerprint density at radius 3 is 2.70 bits per heavy atom. The molecule has 1 aromatic rings. The molecule has 2 rings (SSSR count). The van der Waals surface area contributed by atoms with Gasteiger partial charge in [-0.1, -0.05) is 24.9 Å². The Balaban J connectivity index is 1.85. The van der Waals surface area contributed by atoms with Gasteiger partial charge in [-0.25, -0.2) is 0 Å². The summed E-state index contributed by atoms with van der Waals surface area (Å²) >= 11 is 5.62. The molecule has 1 aliphatic carbocycles. The van der Waals surface area contributed by atoms with Crippen LogP contribution in [-0.2, 0) is 0 Å². The Morgan fingerprint density at radius 2 is 2.15 bits per heavy atom. The Kier molecular flexibility index (Phi) is 4.94. The molecule has 0 spiro atoms. The summed E-state index contributed by atoms with van der Waals surface area (Å²) in [5.41, 5.74) is -0.582. The van der Waals surface area contributed by atoms with Crippen LogP contribution >= 0.6 is 11.6 Å². The first-order valence-corrected chi connectivity index (χ1v) is 7.40. The zero-order chi connectivity index (χ0) is 14.6. The molecule has 5 nitrogen and oxygen atoms in total. The molecule has 0 aromatic carbocycles. The van der Waals surface area contributed by atoms with E-state index in [-0.39, 0.29) is 23.3 Å². The zero-order valence-corrected chi connectivity index (χ0v) is 12.4. The molecule has 1 amide bonds. The fourth-order valence-electron chi connectivity index (χ4n) is 2.57. The minimum absolute atomic E-state index is 0.209. The van der Waals surface area contributed by atoms with Crippen molar-refractivity contribution in [2.45, 2.75) is 44.6 Å². The molecule has 0 unspecified atom stereocenters. The van der Waals surface area contributed by atoms with E-state index in [1.165, 1.54) is 12.1 Å². The molecule has 1 saturated carbocycles. The van der Waals surface area contributed by atoms with E-state index in [0.717, 1.165) is 32.1 Å². The van der Waals surface area contributed by atoms with E-state index >= 15 is 0 Å². The van der Waals surface area contributed by atoms with E-state index < -0.39 is 5.60 Å². The lowest BCUT2D eigenvalue weighted by molar-refractivity contribution is -0.00790. The number of carbonyl (C=O) groups is 1. The van der Waals surface area contributed by atoms with E-state index in [4.69, 9.17) is 11.6 Å². The first-order valence-electron chi connectivity index (χ1n) is 7.02. The number of nitrogens with one attached hydrogen (secondary N) is 1. The van der Waals surface area contributed by atoms with Crippen molar-refractivity contribution in [3.05, 3.63) is 23.0 Å². The summed E-state index contributed by atoms with van der Waals surface area (Å²) in [6, 6.07) is 3.04. The quantitative estimate of drug-likeness (QED) is 0.893. The zero-order valence-electron chi connectivity index (χ0n) is 11.6. The van der Waals surface area contributed by atoms with Crippen LogP contribution in [0.3, 0.4) is 0 Å². The van der Waals surface area contributed by atoms with Gasteiger partial charge in [0.1, 0.15) is 0 Å². The molecule has 1 aromatic heterocycles. The minimum Gasteiger partial charge on any atom is -0.388 e. The predicted molar refractivity (Wildman–Crippen MR) is 76.6 cm³/mol. The van der Waals surface area contributed by atoms with Crippen molar-refractivity contribution in [2.24, 2.45) is 5.92 Å². The van der Waals surface area contributed by atoms with Crippen molar-refractivity contribution in [1.82, 2.24) is 15.5 Å². The minimum atomic E-state index is -0.790. The number of hydrogen-bond acceptors (Lipinski definition) is 4. The van der Waals surface area contributed by atoms with Gasteiger partial charge in [0, 0.05) is 6.54 Å². The lowest BCUT2D eigenvalue weighted by Gasteiger charge is -2.35. The van der Waals surface area contributed by atoms with Gasteiger partial charge in [0.15, 0.2) is 10.8 Å². The maximum atomic E-state index is 11.9. The Bertz CT molecular complexity index is 456. The summed E-state index contributed by atoms with van der Waals surface area (Å²) in [6.45, 7) is 2.43. The molecule has 0 saturated heterocycles. The van der Waals surface area contributed by atoms with Gasteiger partial charge in [0.05, 0.1) is 5.60 Å². The second-order valence-electron chi connectivity index (χ2n) is 5.50. The smallest absolute Gasteiger partial charge is 0.271 e. The van der Waals surface area contributed by atoms with Crippen molar-refractivity contribution >= 4 is 17.5 Å². The third kappa shape index (κ3) is 3.90. The number of aliphatic hydroxyl groups is 1. The molecule has 0 aliphatic heterocycles. The average molecular weight is 298 g/mol. The third-order valence-electron chi connectivity index (χ3n) is 4.06. The molecule has 2 N–H and O–H groups in total. The number of hydrogen-bond donors (Lipinski definition) is 2. The molecule has 20 heavy (non-hydrogen) atoms. The fourth-order valence-corrected chi connectivity index (χ4v) is 2.67. The van der Waals surface area contributed by atoms with Gasteiger partial charge in [-0.05, 0) is 43.7 Å². The highest BCUT2D eigenvalue weighted by Crippen LogP contribution is 2.33. The highest BCUT2D eigenvalue weighted by atomic mass is 35.5. The highest BCUT2D eigenvalue weighted by Gasteiger charge is 2.33. The molecular weight excluding hydrogens is 278 g/mol. The molecule has 0 radical (unpaired) electrons. The number of amides is 1. The van der Waals surface area contributed by atoms with Gasteiger partial charge in [-0.15, -0.1) is 10.2 Å². The van der Waals surface area contributed by atoms with Crippen LogP contribution in [0.15, 0.2) is 12.1 Å². The molecule has 6 heteroatoms. The van der Waals surface area contributed by atoms with E-state index in [9.17, 15) is 9.90 Å². The number of carbonyl (C=O) groups excluding carboxylic acids is 1. The van der Waals surface area contributed by atoms with Crippen LogP contribution < -0.4 is 5.32 Å². The average Bonchev–Trinajstić information content (AvgIpc) is 2.46. The van der Waals surface area contributed by atoms with Gasteiger partial charge >= 0.3 is 0 Å². The van der Waals surface area contributed by atoms with Gasteiger partial charge in [0.2, 0.25) is 0 Å². The van der Waals surface area contributed by atoms with Crippen molar-refractivity contribution < 1.29 is 9.90 Å². The maximum Gasteiger partial charge on any atom is 0.271 e. The van der Waals surface area contributed by atoms with Gasteiger partial charge in [-0.2, -0.15) is 0 Å². The first-order chi connectivity index (χ1) is 9.52. The maximum absolute atomic E-state index is 11.9. The van der Waals surface area contributed by atoms with Crippen LogP contribution in [0.1, 0.15) is 49.5 Å². The lowest BCUT2D eigenvalue weighted by Crippen LogP contribution is -2.45. The molecule has 1 aliphatic rings. The van der Waals surface area contributed by atoms with E-state index in [2.05, 4.69) is 22.4 Å². The lowest BCUT2D eigenvalue weighted by atomic mass is 9.78. The molecule has 1 fully saturated rings. The van der Waals surface area contributed by atoms with Gasteiger partial charge in [0.25, 0.3) is 5.91 Å². The summed E-state index contributed by atoms with van der Waals surface area (Å²) < 4.78 is 0. The predicted octanol–water partition coefficient (Wildman–Crippen LogP) is 2.19. The van der Waals surface area contributed by atoms with Crippen molar-refractivity contribution in [2.75, 3.05) is 6.54 Å². The van der Waals surface area contributed by atoms with Crippen molar-refractivity contribution in [3.8, 4) is 0 Å². The Hall–Kier alpha value is -1.20. The van der Waals surface area contributed by atoms with Crippen molar-refractivity contribution in [1.29, 1.82) is 0 Å². The summed E-state index contributed by atoms with van der Waals surface area (Å²) in [6.07, 6.45) is 4.66. The Labute approximate surface area is 123 Å². The van der Waals surface area contributed by atoms with Gasteiger partial charge < -0.3 is 10.4 Å². The molecule has 0 atom stereocenters. The van der Waals surface area contributed by atoms with E-state index in [1.807, 2.05) is 0 Å². The second-order valence-corrected chi connectivity index (χ2v) is 5.89. The molecular formula is C14H20ClN3O2. The van der Waals surface area contributed by atoms with Crippen LogP contribution in [0, 0.1) is 5.92 Å². The summed E-state index contributed by atoms with van der Waals surface area (Å²) in [7, 11) is 0. The highest BCUT2D eigenvalue weighted by molar-refractivity contribution is 6.29. The number of halogens is 1. The SMILES string of the molecule is CCC1CCC(O)(CNC(=O)c2ccc(Cl)nn2)CC1. The third-order valence-corrected chi connectivity index (χ3v) is 4.26. The normalized spacial score (nSPS) is 26.2. The summed E-state index contributed by atoms with van der Waals surface area (Å²) in [4.78, 5) is 11.9. The van der Waals surface area contributed by atoms with Crippen LogP contribution in [-0.4, -0.2) is 33.4 Å².